The standard InChI is InChI=1S/C18H17FN2O5/c19-9-14(22)15(18(25)26)20-16(23)13-7-3-5-11-8-10-4-1-2-6-12(10)17(24)21(11)13/h1-2,4,6,8,13,15H,3,5,7,9H2,(H,20,23)(H,25,26)/t13-,15?/m0/s1. The fourth-order valence-corrected chi connectivity index (χ4v) is 3.31. The van der Waals surface area contributed by atoms with Gasteiger partial charge in [-0.3, -0.25) is 19.0 Å². The Morgan fingerprint density at radius 3 is 2.73 bits per heavy atom. The van der Waals surface area contributed by atoms with Crippen LogP contribution in [0.2, 0.25) is 0 Å². The Balaban J connectivity index is 2.00. The zero-order valence-electron chi connectivity index (χ0n) is 13.8. The number of alkyl halides is 1. The molecule has 2 heterocycles. The van der Waals surface area contributed by atoms with Crippen molar-refractivity contribution in [3.05, 3.63) is 46.4 Å². The van der Waals surface area contributed by atoms with E-state index in [-0.39, 0.29) is 5.56 Å². The summed E-state index contributed by atoms with van der Waals surface area (Å²) >= 11 is 0. The largest absolute Gasteiger partial charge is 0.479 e. The van der Waals surface area contributed by atoms with Crippen LogP contribution in [0.3, 0.4) is 0 Å². The number of hydrogen-bond acceptors (Lipinski definition) is 4. The summed E-state index contributed by atoms with van der Waals surface area (Å²) in [6.07, 6.45) is 1.56. The van der Waals surface area contributed by atoms with Gasteiger partial charge in [-0.25, -0.2) is 9.18 Å². The van der Waals surface area contributed by atoms with Crippen molar-refractivity contribution in [2.75, 3.05) is 6.67 Å². The predicted octanol–water partition coefficient (Wildman–Crippen LogP) is 0.987. The molecule has 26 heavy (non-hydrogen) atoms. The van der Waals surface area contributed by atoms with Crippen LogP contribution in [0.25, 0.3) is 10.8 Å². The van der Waals surface area contributed by atoms with Gasteiger partial charge < -0.3 is 10.4 Å². The molecule has 1 aliphatic heterocycles. The number of halogens is 1. The van der Waals surface area contributed by atoms with Crippen molar-refractivity contribution in [1.82, 2.24) is 9.88 Å². The molecule has 136 valence electrons. The van der Waals surface area contributed by atoms with Gasteiger partial charge in [0.05, 0.1) is 0 Å². The number of carboxylic acid groups (broad SMARTS) is 1. The Morgan fingerprint density at radius 1 is 1.31 bits per heavy atom. The minimum absolute atomic E-state index is 0.327. The highest BCUT2D eigenvalue weighted by Crippen LogP contribution is 2.25. The highest BCUT2D eigenvalue weighted by molar-refractivity contribution is 6.06. The van der Waals surface area contributed by atoms with E-state index in [2.05, 4.69) is 5.32 Å². The molecule has 1 aliphatic rings. The number of Topliss-reactive ketones (excluding diaryl/α,β-unsaturated/α-hetero) is 1. The molecule has 2 atom stereocenters. The van der Waals surface area contributed by atoms with Gasteiger partial charge in [-0.05, 0) is 36.8 Å². The van der Waals surface area contributed by atoms with E-state index in [4.69, 9.17) is 5.11 Å². The first-order valence-corrected chi connectivity index (χ1v) is 8.19. The van der Waals surface area contributed by atoms with Crippen molar-refractivity contribution in [1.29, 1.82) is 0 Å². The Bertz CT molecular complexity index is 952. The lowest BCUT2D eigenvalue weighted by atomic mass is 9.98. The average molecular weight is 360 g/mol. The molecule has 1 unspecified atom stereocenters. The zero-order chi connectivity index (χ0) is 18.8. The van der Waals surface area contributed by atoms with Gasteiger partial charge in [-0.2, -0.15) is 0 Å². The van der Waals surface area contributed by atoms with Gasteiger partial charge in [0.25, 0.3) is 5.56 Å². The minimum Gasteiger partial charge on any atom is -0.479 e. The fraction of sp³-hybridized carbons (Fsp3) is 0.333. The Kier molecular flexibility index (Phi) is 4.83. The molecule has 7 nitrogen and oxygen atoms in total. The maximum Gasteiger partial charge on any atom is 0.334 e. The summed E-state index contributed by atoms with van der Waals surface area (Å²) in [7, 11) is 0. The summed E-state index contributed by atoms with van der Waals surface area (Å²) in [6, 6.07) is 5.92. The quantitative estimate of drug-likeness (QED) is 0.774. The SMILES string of the molecule is O=C(O)C(NC(=O)[C@@H]1CCCc2cc3ccccc3c(=O)n21)C(=O)CF. The van der Waals surface area contributed by atoms with Crippen LogP contribution in [-0.2, 0) is 20.8 Å². The van der Waals surface area contributed by atoms with Crippen LogP contribution in [0.4, 0.5) is 4.39 Å². The number of rotatable bonds is 5. The van der Waals surface area contributed by atoms with Gasteiger partial charge in [-0.1, -0.05) is 18.2 Å². The first kappa shape index (κ1) is 17.8. The van der Waals surface area contributed by atoms with Crippen LogP contribution >= 0.6 is 0 Å². The lowest BCUT2D eigenvalue weighted by Gasteiger charge is -2.28. The number of ketones is 1. The maximum atomic E-state index is 12.8. The van der Waals surface area contributed by atoms with E-state index in [1.165, 1.54) is 4.57 Å². The van der Waals surface area contributed by atoms with Crippen molar-refractivity contribution in [2.24, 2.45) is 0 Å². The van der Waals surface area contributed by atoms with E-state index in [9.17, 15) is 23.6 Å². The lowest BCUT2D eigenvalue weighted by molar-refractivity contribution is -0.146. The Morgan fingerprint density at radius 2 is 2.04 bits per heavy atom. The molecule has 0 saturated carbocycles. The summed E-state index contributed by atoms with van der Waals surface area (Å²) < 4.78 is 13.9. The van der Waals surface area contributed by atoms with Crippen molar-refractivity contribution in [2.45, 2.75) is 31.3 Å². The maximum absolute atomic E-state index is 12.8. The number of aromatic nitrogens is 1. The van der Waals surface area contributed by atoms with Crippen LogP contribution in [0.5, 0.6) is 0 Å². The number of benzene rings is 1. The van der Waals surface area contributed by atoms with Gasteiger partial charge >= 0.3 is 5.97 Å². The molecular weight excluding hydrogens is 343 g/mol. The van der Waals surface area contributed by atoms with Gasteiger partial charge in [0, 0.05) is 11.1 Å². The van der Waals surface area contributed by atoms with Gasteiger partial charge in [0.1, 0.15) is 6.04 Å². The normalized spacial score (nSPS) is 17.3. The molecule has 0 bridgehead atoms. The summed E-state index contributed by atoms with van der Waals surface area (Å²) in [4.78, 5) is 48.0. The third-order valence-electron chi connectivity index (χ3n) is 4.55. The number of aryl methyl sites for hydroxylation is 1. The lowest BCUT2D eigenvalue weighted by Crippen LogP contribution is -2.51. The molecule has 0 saturated heterocycles. The van der Waals surface area contributed by atoms with Gasteiger partial charge in [-0.15, -0.1) is 0 Å². The Labute approximate surface area is 147 Å². The number of hydrogen-bond donors (Lipinski definition) is 2. The molecule has 8 heteroatoms. The fourth-order valence-electron chi connectivity index (χ4n) is 3.31. The highest BCUT2D eigenvalue weighted by atomic mass is 19.1. The zero-order valence-corrected chi connectivity index (χ0v) is 13.8. The number of pyridine rings is 1. The molecule has 0 aliphatic carbocycles. The second kappa shape index (κ2) is 7.07. The first-order valence-electron chi connectivity index (χ1n) is 8.19. The number of aliphatic carboxylic acids is 1. The topological polar surface area (TPSA) is 105 Å². The summed E-state index contributed by atoms with van der Waals surface area (Å²) in [5.74, 6) is -3.66. The van der Waals surface area contributed by atoms with Crippen LogP contribution in [-0.4, -0.2) is 40.0 Å². The van der Waals surface area contributed by atoms with Crippen molar-refractivity contribution in [3.63, 3.8) is 0 Å². The van der Waals surface area contributed by atoms with Gasteiger partial charge in [0.2, 0.25) is 5.91 Å². The molecule has 0 spiro atoms. The molecule has 0 radical (unpaired) electrons. The first-order chi connectivity index (χ1) is 12.4. The van der Waals surface area contributed by atoms with Crippen molar-refractivity contribution >= 4 is 28.4 Å². The number of nitrogens with one attached hydrogen (secondary N) is 1. The van der Waals surface area contributed by atoms with Crippen molar-refractivity contribution in [3.8, 4) is 0 Å². The van der Waals surface area contributed by atoms with Crippen LogP contribution in [0, 0.1) is 0 Å². The number of nitrogens with zero attached hydrogens (tertiary/aromatic N) is 1. The second-order valence-corrected chi connectivity index (χ2v) is 6.19. The van der Waals surface area contributed by atoms with E-state index < -0.39 is 36.4 Å². The number of fused-ring (bicyclic) bond motifs is 2. The van der Waals surface area contributed by atoms with E-state index in [0.717, 1.165) is 5.39 Å². The van der Waals surface area contributed by atoms with Crippen LogP contribution in [0.15, 0.2) is 35.1 Å². The summed E-state index contributed by atoms with van der Waals surface area (Å²) in [6.45, 7) is -1.50. The number of carboxylic acids is 1. The molecule has 1 aromatic carbocycles. The van der Waals surface area contributed by atoms with Crippen LogP contribution in [0.1, 0.15) is 24.6 Å². The molecule has 2 N–H and O–H groups in total. The molecule has 0 fully saturated rings. The van der Waals surface area contributed by atoms with E-state index in [1.54, 1.807) is 12.1 Å². The van der Waals surface area contributed by atoms with Gasteiger partial charge in [0.15, 0.2) is 18.5 Å². The van der Waals surface area contributed by atoms with E-state index >= 15 is 0 Å². The molecule has 3 rings (SSSR count). The number of carbonyl (C=O) groups is 3. The summed E-state index contributed by atoms with van der Waals surface area (Å²) in [5, 5.41) is 12.3. The van der Waals surface area contributed by atoms with E-state index in [0.29, 0.717) is 30.3 Å². The Hall–Kier alpha value is -3.03. The third kappa shape index (κ3) is 3.10. The number of carbonyl (C=O) groups excluding carboxylic acids is 2. The molecular formula is C18H17FN2O5. The minimum atomic E-state index is -1.96. The second-order valence-electron chi connectivity index (χ2n) is 6.19. The van der Waals surface area contributed by atoms with E-state index in [1.807, 2.05) is 18.2 Å². The molecule has 1 amide bonds. The molecule has 1 aromatic heterocycles. The van der Waals surface area contributed by atoms with Crippen molar-refractivity contribution < 1.29 is 23.9 Å². The molecule has 2 aromatic rings. The average Bonchev–Trinajstić information content (AvgIpc) is 2.64. The third-order valence-corrected chi connectivity index (χ3v) is 4.55. The summed E-state index contributed by atoms with van der Waals surface area (Å²) in [5.41, 5.74) is 0.324. The predicted molar refractivity (Wildman–Crippen MR) is 90.7 cm³/mol. The number of amides is 1. The monoisotopic (exact) mass is 360 g/mol. The highest BCUT2D eigenvalue weighted by Gasteiger charge is 2.33. The smallest absolute Gasteiger partial charge is 0.334 e. The van der Waals surface area contributed by atoms with Crippen LogP contribution < -0.4 is 10.9 Å².